The lowest BCUT2D eigenvalue weighted by atomic mass is 9.36. The summed E-state index contributed by atoms with van der Waals surface area (Å²) in [6.07, 6.45) is 4.76. The zero-order valence-corrected chi connectivity index (χ0v) is 26.3. The van der Waals surface area contributed by atoms with Gasteiger partial charge in [0.2, 0.25) is 17.6 Å². The summed E-state index contributed by atoms with van der Waals surface area (Å²) in [4.78, 5) is 55.1. The van der Waals surface area contributed by atoms with Crippen LogP contribution in [0.15, 0.2) is 27.7 Å². The van der Waals surface area contributed by atoms with E-state index < -0.39 is 0 Å². The van der Waals surface area contributed by atoms with Gasteiger partial charge in [-0.25, -0.2) is 4.98 Å². The number of phenolic OH excluding ortho intramolecular Hbond substituents is 1. The number of rotatable bonds is 8. The van der Waals surface area contributed by atoms with Crippen LogP contribution in [0.1, 0.15) is 56.1 Å². The highest BCUT2D eigenvalue weighted by molar-refractivity contribution is 6.06. The highest BCUT2D eigenvalue weighted by Gasteiger charge is 2.69. The Morgan fingerprint density at radius 3 is 2.49 bits per heavy atom. The molecule has 45 heavy (non-hydrogen) atoms. The molecule has 3 aromatic heterocycles. The molecule has 4 fully saturated rings. The number of oxazole rings is 1. The van der Waals surface area contributed by atoms with Crippen LogP contribution < -0.4 is 20.7 Å². The fraction of sp³-hybridized carbons (Fsp3) is 0.548. The Hall–Kier alpha value is -4.62. The number of aromatic hydroxyl groups is 1. The van der Waals surface area contributed by atoms with Crippen LogP contribution in [0.4, 0.5) is 11.6 Å². The lowest BCUT2D eigenvalue weighted by Crippen LogP contribution is -2.76. The van der Waals surface area contributed by atoms with Crippen molar-refractivity contribution >= 4 is 40.3 Å². The molecular weight excluding hydrogens is 578 g/mol. The first kappa shape index (κ1) is 29.1. The molecule has 14 nitrogen and oxygen atoms in total. The van der Waals surface area contributed by atoms with Gasteiger partial charge in [0.1, 0.15) is 29.1 Å². The zero-order valence-electron chi connectivity index (χ0n) is 26.3. The second kappa shape index (κ2) is 10.2. The van der Waals surface area contributed by atoms with Crippen molar-refractivity contribution in [3.63, 3.8) is 0 Å². The standard InChI is InChI=1S/C31H39N9O5/c1-6-20-24(37-9-11-38(12-10-37)26(43)23-21(41)8-7-19-25(23)45-17-32-19)27(44)40-29(33-28(35-40)36(4)5)39(20)13-22(42)34-31-14-30(15-31,16-31)18(2)3/h7-8,17-18,41H,6,9-16H2,1-5H3,(H,34,42). The molecule has 8 rings (SSSR count). The third-order valence-electron chi connectivity index (χ3n) is 10.1. The average Bonchev–Trinajstić information content (AvgIpc) is 3.63. The summed E-state index contributed by atoms with van der Waals surface area (Å²) in [6, 6.07) is 3.03. The van der Waals surface area contributed by atoms with Crippen LogP contribution in [-0.2, 0) is 17.8 Å². The van der Waals surface area contributed by atoms with Crippen molar-refractivity contribution in [2.45, 2.75) is 58.5 Å². The molecule has 3 saturated carbocycles. The summed E-state index contributed by atoms with van der Waals surface area (Å²) in [6.45, 7) is 7.83. The van der Waals surface area contributed by atoms with E-state index in [0.29, 0.717) is 72.6 Å². The van der Waals surface area contributed by atoms with E-state index in [2.05, 4.69) is 34.2 Å². The van der Waals surface area contributed by atoms with E-state index in [4.69, 9.17) is 4.42 Å². The molecule has 4 heterocycles. The number of anilines is 2. The highest BCUT2D eigenvalue weighted by atomic mass is 16.3. The van der Waals surface area contributed by atoms with Crippen LogP contribution in [-0.4, -0.2) is 91.8 Å². The van der Waals surface area contributed by atoms with Gasteiger partial charge in [-0.3, -0.25) is 14.4 Å². The number of benzene rings is 1. The number of aromatic nitrogens is 5. The molecule has 0 atom stereocenters. The molecule has 0 spiro atoms. The summed E-state index contributed by atoms with van der Waals surface area (Å²) >= 11 is 0. The number of fused-ring (bicyclic) bond motifs is 2. The molecule has 2 N–H and O–H groups in total. The van der Waals surface area contributed by atoms with Gasteiger partial charge in [0.25, 0.3) is 11.5 Å². The monoisotopic (exact) mass is 617 g/mol. The van der Waals surface area contributed by atoms with Crippen LogP contribution in [0, 0.1) is 11.3 Å². The highest BCUT2D eigenvalue weighted by Crippen LogP contribution is 2.70. The Morgan fingerprint density at radius 2 is 1.84 bits per heavy atom. The molecule has 1 saturated heterocycles. The Balaban J connectivity index is 1.18. The Labute approximate surface area is 259 Å². The molecule has 14 heteroatoms. The quantitative estimate of drug-likeness (QED) is 0.300. The first-order chi connectivity index (χ1) is 21.5. The van der Waals surface area contributed by atoms with E-state index in [9.17, 15) is 19.5 Å². The fourth-order valence-corrected chi connectivity index (χ4v) is 7.61. The predicted octanol–water partition coefficient (Wildman–Crippen LogP) is 2.02. The van der Waals surface area contributed by atoms with E-state index in [-0.39, 0.29) is 46.4 Å². The predicted molar refractivity (Wildman–Crippen MR) is 167 cm³/mol. The minimum atomic E-state index is -0.366. The maximum Gasteiger partial charge on any atom is 0.299 e. The summed E-state index contributed by atoms with van der Waals surface area (Å²) < 4.78 is 8.52. The van der Waals surface area contributed by atoms with Gasteiger partial charge < -0.3 is 34.1 Å². The number of amides is 2. The van der Waals surface area contributed by atoms with E-state index in [1.54, 1.807) is 30.0 Å². The van der Waals surface area contributed by atoms with Gasteiger partial charge in [0, 0.05) is 45.8 Å². The number of piperazine rings is 1. The minimum absolute atomic E-state index is 0.0147. The largest absolute Gasteiger partial charge is 0.507 e. The first-order valence-electron chi connectivity index (χ1n) is 15.6. The maximum atomic E-state index is 14.0. The van der Waals surface area contributed by atoms with E-state index in [0.717, 1.165) is 19.3 Å². The van der Waals surface area contributed by atoms with Crippen molar-refractivity contribution < 1.29 is 19.1 Å². The molecular formula is C31H39N9O5. The number of carbonyl (C=O) groups is 2. The van der Waals surface area contributed by atoms with Gasteiger partial charge >= 0.3 is 0 Å². The van der Waals surface area contributed by atoms with Crippen LogP contribution >= 0.6 is 0 Å². The van der Waals surface area contributed by atoms with Gasteiger partial charge in [-0.15, -0.1) is 5.10 Å². The first-order valence-corrected chi connectivity index (χ1v) is 15.6. The van der Waals surface area contributed by atoms with Gasteiger partial charge in [-0.1, -0.05) is 20.8 Å². The van der Waals surface area contributed by atoms with Gasteiger partial charge in [0.05, 0.1) is 5.69 Å². The molecule has 2 bridgehead atoms. The second-order valence-corrected chi connectivity index (χ2v) is 13.4. The third-order valence-corrected chi connectivity index (χ3v) is 10.1. The number of hydrogen-bond donors (Lipinski definition) is 2. The molecule has 1 aliphatic heterocycles. The van der Waals surface area contributed by atoms with Crippen LogP contribution in [0.5, 0.6) is 5.75 Å². The maximum absolute atomic E-state index is 14.0. The molecule has 0 radical (unpaired) electrons. The van der Waals surface area contributed by atoms with Crippen molar-refractivity contribution in [2.24, 2.45) is 11.3 Å². The van der Waals surface area contributed by atoms with Gasteiger partial charge in [-0.05, 0) is 49.1 Å². The van der Waals surface area contributed by atoms with E-state index in [1.807, 2.05) is 16.4 Å². The number of phenols is 1. The SMILES string of the molecule is CCc1c(N2CCN(C(=O)c3c(O)ccc4ncoc34)CC2)c(=O)n2nc(N(C)C)nc2n1CC(=O)NC12CC(C(C)C)(C1)C2. The van der Waals surface area contributed by atoms with Gasteiger partial charge in [0.15, 0.2) is 12.0 Å². The molecule has 0 unspecified atom stereocenters. The Morgan fingerprint density at radius 1 is 1.13 bits per heavy atom. The minimum Gasteiger partial charge on any atom is -0.507 e. The number of hydrogen-bond acceptors (Lipinski definition) is 10. The average molecular weight is 618 g/mol. The summed E-state index contributed by atoms with van der Waals surface area (Å²) in [5.41, 5.74) is 1.86. The van der Waals surface area contributed by atoms with Crippen molar-refractivity contribution in [3.8, 4) is 5.75 Å². The smallest absolute Gasteiger partial charge is 0.299 e. The molecule has 4 aromatic rings. The second-order valence-electron chi connectivity index (χ2n) is 13.4. The number of nitrogens with zero attached hydrogens (tertiary/aromatic N) is 8. The summed E-state index contributed by atoms with van der Waals surface area (Å²) in [5, 5.41) is 18.3. The third kappa shape index (κ3) is 4.44. The number of nitrogens with one attached hydrogen (secondary N) is 1. The lowest BCUT2D eigenvalue weighted by molar-refractivity contribution is -0.187. The summed E-state index contributed by atoms with van der Waals surface area (Å²) in [5.74, 6) is 0.643. The van der Waals surface area contributed by atoms with Crippen molar-refractivity contribution in [1.29, 1.82) is 0 Å². The fourth-order valence-electron chi connectivity index (χ4n) is 7.61. The molecule has 3 aliphatic carbocycles. The van der Waals surface area contributed by atoms with Crippen molar-refractivity contribution in [2.75, 3.05) is 50.1 Å². The van der Waals surface area contributed by atoms with Crippen molar-refractivity contribution in [1.82, 2.24) is 34.4 Å². The molecule has 1 aromatic carbocycles. The van der Waals surface area contributed by atoms with Crippen LogP contribution in [0.2, 0.25) is 0 Å². The van der Waals surface area contributed by atoms with Gasteiger partial charge in [-0.2, -0.15) is 9.50 Å². The van der Waals surface area contributed by atoms with Crippen LogP contribution in [0.25, 0.3) is 16.9 Å². The molecule has 4 aliphatic rings. The summed E-state index contributed by atoms with van der Waals surface area (Å²) in [7, 11) is 3.61. The van der Waals surface area contributed by atoms with E-state index >= 15 is 0 Å². The van der Waals surface area contributed by atoms with E-state index in [1.165, 1.54) is 17.0 Å². The topological polar surface area (TPSA) is 154 Å². The Kier molecular flexibility index (Phi) is 6.60. The normalized spacial score (nSPS) is 22.5. The number of carbonyl (C=O) groups excluding carboxylic acids is 2. The van der Waals surface area contributed by atoms with Crippen molar-refractivity contribution in [3.05, 3.63) is 40.1 Å². The molecule has 238 valence electrons. The van der Waals surface area contributed by atoms with Crippen LogP contribution in [0.3, 0.4) is 0 Å². The lowest BCUT2D eigenvalue weighted by Gasteiger charge is -2.72. The Bertz CT molecular complexity index is 1880. The molecule has 2 amide bonds. The zero-order chi connectivity index (χ0) is 31.8.